The molecular formula is C20H29IrN3O-2. The summed E-state index contributed by atoms with van der Waals surface area (Å²) >= 11 is 0. The monoisotopic (exact) mass is 520 g/mol. The molecule has 0 spiro atoms. The Morgan fingerprint density at radius 1 is 1.04 bits per heavy atom. The van der Waals surface area contributed by atoms with Gasteiger partial charge in [0, 0.05) is 38.6 Å². The van der Waals surface area contributed by atoms with E-state index >= 15 is 0 Å². The fourth-order valence-corrected chi connectivity index (χ4v) is 1.45. The number of aliphatic hydroxyl groups is 1. The number of hydrogen-bond donors (Lipinski definition) is 1. The minimum atomic E-state index is -0.167. The van der Waals surface area contributed by atoms with Gasteiger partial charge >= 0.3 is 0 Å². The van der Waals surface area contributed by atoms with Crippen LogP contribution in [0.15, 0.2) is 67.3 Å². The van der Waals surface area contributed by atoms with Gasteiger partial charge in [-0.15, -0.1) is 5.69 Å². The van der Waals surface area contributed by atoms with Gasteiger partial charge in [0.15, 0.2) is 0 Å². The number of anilines is 1. The van der Waals surface area contributed by atoms with Crippen molar-refractivity contribution in [2.45, 2.75) is 33.8 Å². The second-order valence-corrected chi connectivity index (χ2v) is 4.85. The quantitative estimate of drug-likeness (QED) is 0.570. The molecule has 1 aliphatic heterocycles. The first kappa shape index (κ1) is 25.6. The van der Waals surface area contributed by atoms with Crippen molar-refractivity contribution in [3.8, 4) is 0 Å². The number of aliphatic hydroxyl groups excluding tert-OH is 1. The molecule has 25 heavy (non-hydrogen) atoms. The van der Waals surface area contributed by atoms with Gasteiger partial charge < -0.3 is 14.9 Å². The molecule has 1 aliphatic rings. The van der Waals surface area contributed by atoms with Crippen molar-refractivity contribution in [2.24, 2.45) is 0 Å². The normalized spacial score (nSPS) is 11.2. The van der Waals surface area contributed by atoms with E-state index in [1.807, 2.05) is 92.2 Å². The summed E-state index contributed by atoms with van der Waals surface area (Å²) in [4.78, 5) is 7.81. The Labute approximate surface area is 166 Å². The fourth-order valence-electron chi connectivity index (χ4n) is 1.45. The molecule has 1 N–H and O–H groups in total. The zero-order chi connectivity index (χ0) is 18.2. The summed E-state index contributed by atoms with van der Waals surface area (Å²) in [5.74, 6) is 0. The number of benzene rings is 1. The van der Waals surface area contributed by atoms with Crippen molar-refractivity contribution in [1.29, 1.82) is 0 Å². The summed E-state index contributed by atoms with van der Waals surface area (Å²) in [7, 11) is 2.00. The SMILES string of the molecule is CC.CC(C)O.CN1C=CN(c2[c-]cccc2)[CH-]1.[Ir].c1ccncc1. The van der Waals surface area contributed by atoms with Crippen molar-refractivity contribution in [1.82, 2.24) is 9.88 Å². The second kappa shape index (κ2) is 17.2. The van der Waals surface area contributed by atoms with Gasteiger partial charge in [-0.3, -0.25) is 4.98 Å². The van der Waals surface area contributed by atoms with Gasteiger partial charge in [0.1, 0.15) is 0 Å². The van der Waals surface area contributed by atoms with Crippen LogP contribution in [0.1, 0.15) is 27.7 Å². The summed E-state index contributed by atoms with van der Waals surface area (Å²) in [6.45, 7) is 9.45. The molecule has 1 aromatic carbocycles. The third-order valence-corrected chi connectivity index (χ3v) is 2.31. The van der Waals surface area contributed by atoms with Gasteiger partial charge in [-0.1, -0.05) is 19.9 Å². The van der Waals surface area contributed by atoms with E-state index in [0.29, 0.717) is 0 Å². The van der Waals surface area contributed by atoms with Gasteiger partial charge in [0.25, 0.3) is 0 Å². The molecule has 0 saturated carbocycles. The molecule has 0 saturated heterocycles. The molecule has 0 aliphatic carbocycles. The van der Waals surface area contributed by atoms with Crippen molar-refractivity contribution >= 4 is 5.69 Å². The minimum absolute atomic E-state index is 0. The zero-order valence-electron chi connectivity index (χ0n) is 15.6. The smallest absolute Gasteiger partial charge is 0.0483 e. The maximum atomic E-state index is 8.06. The first-order valence-corrected chi connectivity index (χ1v) is 8.13. The summed E-state index contributed by atoms with van der Waals surface area (Å²) in [5.41, 5.74) is 1.07. The Balaban J connectivity index is 0. The van der Waals surface area contributed by atoms with Crippen LogP contribution in [-0.2, 0) is 20.1 Å². The van der Waals surface area contributed by atoms with Gasteiger partial charge in [-0.25, -0.2) is 0 Å². The van der Waals surface area contributed by atoms with Crippen molar-refractivity contribution in [3.63, 3.8) is 0 Å². The summed E-state index contributed by atoms with van der Waals surface area (Å²) in [6, 6.07) is 16.8. The third kappa shape index (κ3) is 14.4. The van der Waals surface area contributed by atoms with Crippen LogP contribution in [0.2, 0.25) is 0 Å². The maximum Gasteiger partial charge on any atom is 0.0483 e. The largest absolute Gasteiger partial charge is 0.510 e. The van der Waals surface area contributed by atoms with Crippen LogP contribution in [0.25, 0.3) is 0 Å². The summed E-state index contributed by atoms with van der Waals surface area (Å²) in [5, 5.41) is 8.06. The molecule has 0 amide bonds. The van der Waals surface area contributed by atoms with E-state index in [1.54, 1.807) is 26.2 Å². The predicted octanol–water partition coefficient (Wildman–Crippen LogP) is 4.32. The average Bonchev–Trinajstić information content (AvgIpc) is 3.06. The molecule has 4 nitrogen and oxygen atoms in total. The first-order valence-electron chi connectivity index (χ1n) is 8.13. The molecule has 1 radical (unpaired) electrons. The first-order chi connectivity index (χ1) is 11.6. The Bertz CT molecular complexity index is 492. The van der Waals surface area contributed by atoms with E-state index in [4.69, 9.17) is 5.11 Å². The molecule has 2 heterocycles. The van der Waals surface area contributed by atoms with Crippen molar-refractivity contribution in [2.75, 3.05) is 11.9 Å². The minimum Gasteiger partial charge on any atom is -0.510 e. The molecule has 0 unspecified atom stereocenters. The molecular weight excluding hydrogens is 490 g/mol. The number of para-hydroxylation sites is 1. The van der Waals surface area contributed by atoms with Crippen molar-refractivity contribution in [3.05, 3.63) is 80.0 Å². The standard InChI is InChI=1S/C10H10N2.C5H5N.C3H8O.C2H6.Ir/c1-11-7-8-12(9-11)10-5-3-2-4-6-10;1-2-4-6-5-3-1;1-3(2)4;1-2;/h2-5,7-9H,1H3;1-5H;3-4H,1-2H3;1-2H3;/q-2;;;;. The molecule has 0 fully saturated rings. The van der Waals surface area contributed by atoms with E-state index in [2.05, 4.69) is 11.1 Å². The summed E-state index contributed by atoms with van der Waals surface area (Å²) < 4.78 is 0. The Morgan fingerprint density at radius 3 is 1.96 bits per heavy atom. The van der Waals surface area contributed by atoms with Crippen molar-refractivity contribution < 1.29 is 25.2 Å². The third-order valence-electron chi connectivity index (χ3n) is 2.31. The summed E-state index contributed by atoms with van der Waals surface area (Å²) in [6.07, 6.45) is 7.34. The fraction of sp³-hybridized carbons (Fsp3) is 0.300. The van der Waals surface area contributed by atoms with Gasteiger partial charge in [-0.05, 0) is 45.4 Å². The van der Waals surface area contributed by atoms with Gasteiger partial charge in [-0.2, -0.15) is 37.0 Å². The van der Waals surface area contributed by atoms with Crippen LogP contribution in [0.3, 0.4) is 0 Å². The number of aromatic nitrogens is 1. The molecule has 0 bridgehead atoms. The Hall–Kier alpha value is -1.68. The van der Waals surface area contributed by atoms with Gasteiger partial charge in [0.2, 0.25) is 0 Å². The molecule has 0 atom stereocenters. The van der Waals surface area contributed by atoms with Crippen LogP contribution in [0.4, 0.5) is 5.69 Å². The van der Waals surface area contributed by atoms with E-state index < -0.39 is 0 Å². The predicted molar refractivity (Wildman–Crippen MR) is 102 cm³/mol. The van der Waals surface area contributed by atoms with Gasteiger partial charge in [0.05, 0.1) is 0 Å². The average molecular weight is 520 g/mol. The number of pyridine rings is 1. The number of nitrogens with zero attached hydrogens (tertiary/aromatic N) is 3. The molecule has 1 aromatic heterocycles. The van der Waals surface area contributed by atoms with Crippen LogP contribution in [0.5, 0.6) is 0 Å². The van der Waals surface area contributed by atoms with Crippen LogP contribution in [0, 0.1) is 12.7 Å². The number of rotatable bonds is 1. The Kier molecular flexibility index (Phi) is 17.5. The van der Waals surface area contributed by atoms with E-state index in [0.717, 1.165) is 5.69 Å². The van der Waals surface area contributed by atoms with E-state index in [-0.39, 0.29) is 26.2 Å². The topological polar surface area (TPSA) is 39.6 Å². The molecule has 5 heteroatoms. The molecule has 2 aromatic rings. The van der Waals surface area contributed by atoms with Crippen LogP contribution in [-0.4, -0.2) is 28.1 Å². The maximum absolute atomic E-state index is 8.06. The zero-order valence-corrected chi connectivity index (χ0v) is 18.0. The molecule has 141 valence electrons. The van der Waals surface area contributed by atoms with E-state index in [1.165, 1.54) is 0 Å². The number of hydrogen-bond acceptors (Lipinski definition) is 4. The Morgan fingerprint density at radius 2 is 1.64 bits per heavy atom. The van der Waals surface area contributed by atoms with Crippen LogP contribution < -0.4 is 4.90 Å². The van der Waals surface area contributed by atoms with E-state index in [9.17, 15) is 0 Å². The molecule has 3 rings (SSSR count). The second-order valence-electron chi connectivity index (χ2n) is 4.85. The van der Waals surface area contributed by atoms with Crippen LogP contribution >= 0.6 is 0 Å².